The van der Waals surface area contributed by atoms with E-state index >= 15 is 0 Å². The molecule has 0 aromatic carbocycles. The lowest BCUT2D eigenvalue weighted by atomic mass is 10.0. The summed E-state index contributed by atoms with van der Waals surface area (Å²) in [6.45, 7) is 4.64. The minimum Gasteiger partial charge on any atom is -0.391 e. The molecule has 106 valence electrons. The fraction of sp³-hybridized carbons (Fsp3) is 0.909. The maximum Gasteiger partial charge on any atom is 0.240 e. The highest BCUT2D eigenvalue weighted by molar-refractivity contribution is 7.88. The second-order valence-electron chi connectivity index (χ2n) is 5.30. The van der Waals surface area contributed by atoms with Crippen LogP contribution in [0.3, 0.4) is 0 Å². The number of carbonyl (C=O) groups is 1. The van der Waals surface area contributed by atoms with Gasteiger partial charge in [0.1, 0.15) is 6.04 Å². The van der Waals surface area contributed by atoms with Gasteiger partial charge in [-0.15, -0.1) is 0 Å². The summed E-state index contributed by atoms with van der Waals surface area (Å²) in [7, 11) is -3.42. The lowest BCUT2D eigenvalue weighted by molar-refractivity contribution is -0.132. The monoisotopic (exact) mass is 278 g/mol. The fourth-order valence-corrected chi connectivity index (χ4v) is 2.81. The molecule has 0 saturated carbocycles. The van der Waals surface area contributed by atoms with Crippen molar-refractivity contribution in [3.63, 3.8) is 0 Å². The van der Waals surface area contributed by atoms with Crippen LogP contribution in [0.5, 0.6) is 0 Å². The molecular formula is C11H22N2O4S. The largest absolute Gasteiger partial charge is 0.391 e. The highest BCUT2D eigenvalue weighted by atomic mass is 32.2. The zero-order valence-electron chi connectivity index (χ0n) is 11.1. The van der Waals surface area contributed by atoms with Gasteiger partial charge in [-0.3, -0.25) is 4.79 Å². The number of sulfonamides is 1. The molecule has 2 atom stereocenters. The molecule has 0 radical (unpaired) electrons. The number of hydrogen-bond donors (Lipinski definition) is 2. The normalized spacial score (nSPS) is 22.5. The molecule has 0 bridgehead atoms. The van der Waals surface area contributed by atoms with Crippen LogP contribution in [-0.4, -0.2) is 55.8 Å². The highest BCUT2D eigenvalue weighted by Gasteiger charge is 2.31. The summed E-state index contributed by atoms with van der Waals surface area (Å²) < 4.78 is 24.9. The third kappa shape index (κ3) is 4.91. The molecule has 1 aliphatic rings. The van der Waals surface area contributed by atoms with E-state index in [0.29, 0.717) is 25.9 Å². The molecule has 0 aromatic heterocycles. The Morgan fingerprint density at radius 1 is 1.50 bits per heavy atom. The van der Waals surface area contributed by atoms with Crippen molar-refractivity contribution in [2.24, 2.45) is 5.92 Å². The highest BCUT2D eigenvalue weighted by Crippen LogP contribution is 2.14. The first-order valence-electron chi connectivity index (χ1n) is 6.13. The van der Waals surface area contributed by atoms with E-state index in [4.69, 9.17) is 0 Å². The number of carbonyl (C=O) groups excluding carboxylic acids is 1. The quantitative estimate of drug-likeness (QED) is 0.713. The van der Waals surface area contributed by atoms with Gasteiger partial charge in [-0.1, -0.05) is 13.8 Å². The average molecular weight is 278 g/mol. The molecule has 6 nitrogen and oxygen atoms in total. The van der Waals surface area contributed by atoms with E-state index in [-0.39, 0.29) is 11.8 Å². The number of amides is 1. The van der Waals surface area contributed by atoms with Crippen LogP contribution in [0.4, 0.5) is 0 Å². The molecule has 0 aromatic rings. The molecule has 7 heteroatoms. The minimum absolute atomic E-state index is 0.209. The zero-order chi connectivity index (χ0) is 13.9. The molecule has 0 aliphatic carbocycles. The number of likely N-dealkylation sites (tertiary alicyclic amines) is 1. The summed E-state index contributed by atoms with van der Waals surface area (Å²) in [6, 6.07) is -0.731. The van der Waals surface area contributed by atoms with Gasteiger partial charge in [0.2, 0.25) is 15.9 Å². The summed E-state index contributed by atoms with van der Waals surface area (Å²) in [5.41, 5.74) is 0. The average Bonchev–Trinajstić information content (AvgIpc) is 2.59. The van der Waals surface area contributed by atoms with E-state index in [1.165, 1.54) is 4.90 Å². The summed E-state index contributed by atoms with van der Waals surface area (Å²) in [5, 5.41) is 9.41. The standard InChI is InChI=1S/C11H22N2O4S/c1-8(2)6-10(12-18(3,16)17)11(15)13-5-4-9(14)7-13/h8-10,12,14H,4-7H2,1-3H3/t9-,10?/m0/s1. The Hall–Kier alpha value is -0.660. The van der Waals surface area contributed by atoms with Crippen molar-refractivity contribution in [2.45, 2.75) is 38.8 Å². The third-order valence-corrected chi connectivity index (χ3v) is 3.55. The van der Waals surface area contributed by atoms with E-state index in [0.717, 1.165) is 6.26 Å². The molecule has 1 rings (SSSR count). The van der Waals surface area contributed by atoms with Crippen molar-refractivity contribution < 1.29 is 18.3 Å². The Balaban J connectivity index is 2.72. The van der Waals surface area contributed by atoms with Gasteiger partial charge in [0, 0.05) is 13.1 Å². The molecular weight excluding hydrogens is 256 g/mol. The number of aliphatic hydroxyl groups is 1. The second kappa shape index (κ2) is 5.99. The first-order valence-corrected chi connectivity index (χ1v) is 8.02. The van der Waals surface area contributed by atoms with Crippen LogP contribution in [0.2, 0.25) is 0 Å². The summed E-state index contributed by atoms with van der Waals surface area (Å²) in [6.07, 6.45) is 1.57. The van der Waals surface area contributed by atoms with Gasteiger partial charge >= 0.3 is 0 Å². The number of β-amino-alcohol motifs (C(OH)–C–C–N with tert-alkyl or cyclic N) is 1. The SMILES string of the molecule is CC(C)CC(NS(C)(=O)=O)C(=O)N1CC[C@H](O)C1. The topological polar surface area (TPSA) is 86.7 Å². The molecule has 1 heterocycles. The van der Waals surface area contributed by atoms with Crippen LogP contribution < -0.4 is 4.72 Å². The molecule has 1 unspecified atom stereocenters. The van der Waals surface area contributed by atoms with Gasteiger partial charge in [-0.2, -0.15) is 0 Å². The van der Waals surface area contributed by atoms with Crippen LogP contribution in [-0.2, 0) is 14.8 Å². The van der Waals surface area contributed by atoms with Gasteiger partial charge in [-0.25, -0.2) is 13.1 Å². The van der Waals surface area contributed by atoms with E-state index in [9.17, 15) is 18.3 Å². The maximum absolute atomic E-state index is 12.2. The van der Waals surface area contributed by atoms with Gasteiger partial charge in [-0.05, 0) is 18.8 Å². The second-order valence-corrected chi connectivity index (χ2v) is 7.08. The van der Waals surface area contributed by atoms with Gasteiger partial charge in [0.25, 0.3) is 0 Å². The molecule has 1 aliphatic heterocycles. The zero-order valence-corrected chi connectivity index (χ0v) is 11.9. The number of rotatable bonds is 5. The van der Waals surface area contributed by atoms with Gasteiger partial charge < -0.3 is 10.0 Å². The summed E-state index contributed by atoms with van der Waals surface area (Å²) in [4.78, 5) is 13.7. The third-order valence-electron chi connectivity index (χ3n) is 2.84. The Morgan fingerprint density at radius 3 is 2.50 bits per heavy atom. The Labute approximate surface area is 108 Å². The van der Waals surface area contributed by atoms with Crippen LogP contribution in [0, 0.1) is 5.92 Å². The summed E-state index contributed by atoms with van der Waals surface area (Å²) >= 11 is 0. The van der Waals surface area contributed by atoms with E-state index in [2.05, 4.69) is 4.72 Å². The molecule has 2 N–H and O–H groups in total. The van der Waals surface area contributed by atoms with Crippen molar-refractivity contribution >= 4 is 15.9 Å². The number of nitrogens with zero attached hydrogens (tertiary/aromatic N) is 1. The number of aliphatic hydroxyl groups excluding tert-OH is 1. The predicted octanol–water partition coefficient (Wildman–Crippen LogP) is -0.456. The first kappa shape index (κ1) is 15.4. The Kier molecular flexibility index (Phi) is 5.12. The van der Waals surface area contributed by atoms with Gasteiger partial charge in [0.05, 0.1) is 12.4 Å². The van der Waals surface area contributed by atoms with Gasteiger partial charge in [0.15, 0.2) is 0 Å². The van der Waals surface area contributed by atoms with Crippen molar-refractivity contribution in [1.29, 1.82) is 0 Å². The molecule has 1 saturated heterocycles. The van der Waals surface area contributed by atoms with Crippen molar-refractivity contribution in [1.82, 2.24) is 9.62 Å². The number of hydrogen-bond acceptors (Lipinski definition) is 4. The Morgan fingerprint density at radius 2 is 2.11 bits per heavy atom. The van der Waals surface area contributed by atoms with Crippen molar-refractivity contribution in [3.8, 4) is 0 Å². The smallest absolute Gasteiger partial charge is 0.240 e. The minimum atomic E-state index is -3.42. The molecule has 1 amide bonds. The van der Waals surface area contributed by atoms with Crippen LogP contribution in [0.25, 0.3) is 0 Å². The first-order chi connectivity index (χ1) is 8.19. The fourth-order valence-electron chi connectivity index (χ4n) is 2.09. The van der Waals surface area contributed by atoms with E-state index < -0.39 is 22.2 Å². The molecule has 18 heavy (non-hydrogen) atoms. The summed E-state index contributed by atoms with van der Waals surface area (Å²) in [5.74, 6) is -0.0357. The van der Waals surface area contributed by atoms with Crippen LogP contribution in [0.15, 0.2) is 0 Å². The maximum atomic E-state index is 12.2. The Bertz CT molecular complexity index is 394. The van der Waals surface area contributed by atoms with Crippen molar-refractivity contribution in [2.75, 3.05) is 19.3 Å². The van der Waals surface area contributed by atoms with Crippen LogP contribution in [0.1, 0.15) is 26.7 Å². The molecule has 1 fully saturated rings. The lowest BCUT2D eigenvalue weighted by Gasteiger charge is -2.24. The predicted molar refractivity (Wildman–Crippen MR) is 68.4 cm³/mol. The lowest BCUT2D eigenvalue weighted by Crippen LogP contribution is -2.48. The number of nitrogens with one attached hydrogen (secondary N) is 1. The molecule has 0 spiro atoms. The van der Waals surface area contributed by atoms with E-state index in [1.54, 1.807) is 0 Å². The van der Waals surface area contributed by atoms with Crippen molar-refractivity contribution in [3.05, 3.63) is 0 Å². The van der Waals surface area contributed by atoms with Crippen LogP contribution >= 0.6 is 0 Å². The van der Waals surface area contributed by atoms with E-state index in [1.807, 2.05) is 13.8 Å².